The largest absolute Gasteiger partial charge is 0.370 e. The van der Waals surface area contributed by atoms with Crippen LogP contribution in [0.4, 0.5) is 0 Å². The van der Waals surface area contributed by atoms with Crippen molar-refractivity contribution in [3.8, 4) is 0 Å². The molecule has 3 unspecified atom stereocenters. The lowest BCUT2D eigenvalue weighted by molar-refractivity contribution is -0.0607. The molecular formula is C15H24N2O2. The van der Waals surface area contributed by atoms with Gasteiger partial charge in [-0.1, -0.05) is 25.9 Å². The van der Waals surface area contributed by atoms with E-state index >= 15 is 0 Å². The molecule has 2 saturated carbocycles. The van der Waals surface area contributed by atoms with E-state index in [1.165, 1.54) is 19.3 Å². The van der Waals surface area contributed by atoms with E-state index in [1.807, 2.05) is 6.07 Å². The summed E-state index contributed by atoms with van der Waals surface area (Å²) in [6, 6.07) is 1.89. The standard InChI is InChI=1S/C15H24N2O2/c1-14(2)10-4-5-15(14,3)13(6-10)18-9-12-7-11(8-16)17-19-12/h7,10,13H,4-6,8-9,16H2,1-3H3. The van der Waals surface area contributed by atoms with Gasteiger partial charge in [0.1, 0.15) is 6.61 Å². The fourth-order valence-corrected chi connectivity index (χ4v) is 4.09. The second-order valence-corrected chi connectivity index (χ2v) is 6.90. The number of nitrogens with two attached hydrogens (primary N) is 1. The minimum atomic E-state index is 0.300. The van der Waals surface area contributed by atoms with Crippen LogP contribution >= 0.6 is 0 Å². The Morgan fingerprint density at radius 2 is 2.26 bits per heavy atom. The molecule has 0 saturated heterocycles. The molecule has 0 radical (unpaired) electrons. The van der Waals surface area contributed by atoms with Crippen molar-refractivity contribution in [3.05, 3.63) is 17.5 Å². The molecule has 0 aromatic carbocycles. The van der Waals surface area contributed by atoms with Crippen LogP contribution < -0.4 is 5.73 Å². The second-order valence-electron chi connectivity index (χ2n) is 6.90. The zero-order valence-corrected chi connectivity index (χ0v) is 12.1. The minimum absolute atomic E-state index is 0.300. The Kier molecular flexibility index (Phi) is 2.98. The van der Waals surface area contributed by atoms with Gasteiger partial charge in [-0.2, -0.15) is 0 Å². The molecule has 4 nitrogen and oxygen atoms in total. The molecule has 2 aliphatic rings. The van der Waals surface area contributed by atoms with Crippen molar-refractivity contribution in [1.82, 2.24) is 5.16 Å². The van der Waals surface area contributed by atoms with Gasteiger partial charge in [0.2, 0.25) is 0 Å². The molecule has 3 atom stereocenters. The quantitative estimate of drug-likeness (QED) is 0.908. The molecule has 1 aromatic heterocycles. The summed E-state index contributed by atoms with van der Waals surface area (Å²) in [6.07, 6.45) is 4.15. The van der Waals surface area contributed by atoms with Crippen molar-refractivity contribution >= 4 is 0 Å². The number of fused-ring (bicyclic) bond motifs is 2. The van der Waals surface area contributed by atoms with E-state index < -0.39 is 0 Å². The normalized spacial score (nSPS) is 36.0. The van der Waals surface area contributed by atoms with Crippen molar-refractivity contribution in [2.75, 3.05) is 0 Å². The Bertz CT molecular complexity index is 468. The van der Waals surface area contributed by atoms with Gasteiger partial charge < -0.3 is 15.0 Å². The van der Waals surface area contributed by atoms with E-state index in [4.69, 9.17) is 15.0 Å². The summed E-state index contributed by atoms with van der Waals surface area (Å²) < 4.78 is 11.4. The highest BCUT2D eigenvalue weighted by Crippen LogP contribution is 2.66. The molecule has 0 spiro atoms. The fraction of sp³-hybridized carbons (Fsp3) is 0.800. The van der Waals surface area contributed by atoms with E-state index in [9.17, 15) is 0 Å². The lowest BCUT2D eigenvalue weighted by Crippen LogP contribution is -2.37. The van der Waals surface area contributed by atoms with E-state index in [0.29, 0.717) is 30.1 Å². The molecule has 0 aliphatic heterocycles. The third-order valence-electron chi connectivity index (χ3n) is 5.96. The Hall–Kier alpha value is -0.870. The van der Waals surface area contributed by atoms with Crippen LogP contribution in [0.3, 0.4) is 0 Å². The van der Waals surface area contributed by atoms with Crippen LogP contribution in [0.5, 0.6) is 0 Å². The molecule has 2 aliphatic carbocycles. The maximum absolute atomic E-state index is 6.14. The van der Waals surface area contributed by atoms with E-state index in [1.54, 1.807) is 0 Å². The number of hydrogen-bond donors (Lipinski definition) is 1. The first kappa shape index (κ1) is 13.1. The van der Waals surface area contributed by atoms with Gasteiger partial charge in [-0.3, -0.25) is 0 Å². The first-order chi connectivity index (χ1) is 8.97. The Balaban J connectivity index is 1.66. The third kappa shape index (κ3) is 1.84. The summed E-state index contributed by atoms with van der Waals surface area (Å²) in [6.45, 7) is 8.11. The zero-order chi connectivity index (χ0) is 13.7. The Morgan fingerprint density at radius 3 is 2.79 bits per heavy atom. The van der Waals surface area contributed by atoms with Gasteiger partial charge in [0, 0.05) is 12.6 Å². The van der Waals surface area contributed by atoms with Gasteiger partial charge in [0.05, 0.1) is 11.8 Å². The fourth-order valence-electron chi connectivity index (χ4n) is 4.09. The third-order valence-corrected chi connectivity index (χ3v) is 5.96. The van der Waals surface area contributed by atoms with Crippen LogP contribution in [0.1, 0.15) is 51.5 Å². The van der Waals surface area contributed by atoms with Crippen LogP contribution in [0.2, 0.25) is 0 Å². The summed E-state index contributed by atoms with van der Waals surface area (Å²) in [7, 11) is 0. The minimum Gasteiger partial charge on any atom is -0.370 e. The van der Waals surface area contributed by atoms with Crippen molar-refractivity contribution in [3.63, 3.8) is 0 Å². The van der Waals surface area contributed by atoms with E-state index in [0.717, 1.165) is 17.4 Å². The predicted molar refractivity (Wildman–Crippen MR) is 72.2 cm³/mol. The van der Waals surface area contributed by atoms with Gasteiger partial charge >= 0.3 is 0 Å². The van der Waals surface area contributed by atoms with Crippen LogP contribution in [-0.2, 0) is 17.9 Å². The smallest absolute Gasteiger partial charge is 0.162 e. The van der Waals surface area contributed by atoms with Crippen molar-refractivity contribution in [2.24, 2.45) is 22.5 Å². The molecule has 2 fully saturated rings. The first-order valence-electron chi connectivity index (χ1n) is 7.23. The molecule has 2 N–H and O–H groups in total. The lowest BCUT2D eigenvalue weighted by Gasteiger charge is -2.38. The number of hydrogen-bond acceptors (Lipinski definition) is 4. The van der Waals surface area contributed by atoms with Crippen LogP contribution in [0.15, 0.2) is 10.6 Å². The SMILES string of the molecule is CC1(C)C2CCC1(C)C(OCc1cc(CN)no1)C2. The molecule has 2 bridgehead atoms. The second kappa shape index (κ2) is 4.32. The van der Waals surface area contributed by atoms with Crippen molar-refractivity contribution < 1.29 is 9.26 Å². The average Bonchev–Trinajstić information content (AvgIpc) is 2.97. The van der Waals surface area contributed by atoms with Gasteiger partial charge in [-0.05, 0) is 36.0 Å². The Morgan fingerprint density at radius 1 is 1.47 bits per heavy atom. The molecule has 19 heavy (non-hydrogen) atoms. The van der Waals surface area contributed by atoms with Crippen LogP contribution in [-0.4, -0.2) is 11.3 Å². The summed E-state index contributed by atoms with van der Waals surface area (Å²) in [4.78, 5) is 0. The van der Waals surface area contributed by atoms with Gasteiger partial charge in [0.25, 0.3) is 0 Å². The molecular weight excluding hydrogens is 240 g/mol. The van der Waals surface area contributed by atoms with Gasteiger partial charge in [0.15, 0.2) is 5.76 Å². The average molecular weight is 264 g/mol. The lowest BCUT2D eigenvalue weighted by atomic mass is 9.70. The van der Waals surface area contributed by atoms with Gasteiger partial charge in [-0.25, -0.2) is 0 Å². The van der Waals surface area contributed by atoms with Gasteiger partial charge in [-0.15, -0.1) is 0 Å². The highest BCUT2D eigenvalue weighted by molar-refractivity contribution is 5.11. The highest BCUT2D eigenvalue weighted by Gasteiger charge is 2.61. The molecule has 1 aromatic rings. The predicted octanol–water partition coefficient (Wildman–Crippen LogP) is 2.86. The number of nitrogens with zero attached hydrogens (tertiary/aromatic N) is 1. The number of aromatic nitrogens is 1. The molecule has 4 heteroatoms. The summed E-state index contributed by atoms with van der Waals surface area (Å²) >= 11 is 0. The molecule has 0 amide bonds. The van der Waals surface area contributed by atoms with Crippen LogP contribution in [0, 0.1) is 16.7 Å². The molecule has 1 heterocycles. The van der Waals surface area contributed by atoms with E-state index in [-0.39, 0.29) is 0 Å². The maximum atomic E-state index is 6.14. The Labute approximate surface area is 114 Å². The molecule has 3 rings (SSSR count). The monoisotopic (exact) mass is 264 g/mol. The summed E-state index contributed by atoms with van der Waals surface area (Å²) in [5.74, 6) is 1.58. The highest BCUT2D eigenvalue weighted by atomic mass is 16.5. The first-order valence-corrected chi connectivity index (χ1v) is 7.23. The van der Waals surface area contributed by atoms with Crippen LogP contribution in [0.25, 0.3) is 0 Å². The summed E-state index contributed by atoms with van der Waals surface area (Å²) in [5.41, 5.74) is 7.00. The maximum Gasteiger partial charge on any atom is 0.162 e. The molecule has 106 valence electrons. The topological polar surface area (TPSA) is 61.3 Å². The van der Waals surface area contributed by atoms with Crippen molar-refractivity contribution in [1.29, 1.82) is 0 Å². The summed E-state index contributed by atoms with van der Waals surface area (Å²) in [5, 5.41) is 3.89. The number of rotatable bonds is 4. The van der Waals surface area contributed by atoms with E-state index in [2.05, 4.69) is 25.9 Å². The van der Waals surface area contributed by atoms with Crippen molar-refractivity contribution in [2.45, 2.75) is 59.3 Å². The number of ether oxygens (including phenoxy) is 1. The zero-order valence-electron chi connectivity index (χ0n) is 12.1.